The number of anilines is 1. The molecule has 1 saturated heterocycles. The van der Waals surface area contributed by atoms with E-state index in [1.54, 1.807) is 0 Å². The lowest BCUT2D eigenvalue weighted by atomic mass is 9.95. The van der Waals surface area contributed by atoms with Gasteiger partial charge in [-0.25, -0.2) is 0 Å². The summed E-state index contributed by atoms with van der Waals surface area (Å²) >= 11 is 0. The summed E-state index contributed by atoms with van der Waals surface area (Å²) in [6, 6.07) is 17.8. The third kappa shape index (κ3) is 3.67. The predicted octanol–water partition coefficient (Wildman–Crippen LogP) is 3.68. The highest BCUT2D eigenvalue weighted by atomic mass is 16.2. The lowest BCUT2D eigenvalue weighted by molar-refractivity contribution is 0.0786. The number of para-hydroxylation sites is 1. The maximum Gasteiger partial charge on any atom is 0.253 e. The number of nitrogens with zero attached hydrogens (tertiary/aromatic N) is 2. The smallest absolute Gasteiger partial charge is 0.253 e. The van der Waals surface area contributed by atoms with E-state index in [-0.39, 0.29) is 17.0 Å². The summed E-state index contributed by atoms with van der Waals surface area (Å²) in [5.41, 5.74) is 2.46. The van der Waals surface area contributed by atoms with Crippen LogP contribution in [0.5, 0.6) is 0 Å². The number of benzene rings is 2. The quantitative estimate of drug-likeness (QED) is 0.798. The first-order chi connectivity index (χ1) is 13.4. The number of fused-ring (bicyclic) bond motifs is 1. The van der Waals surface area contributed by atoms with Crippen molar-refractivity contribution in [1.82, 2.24) is 10.2 Å². The van der Waals surface area contributed by atoms with E-state index >= 15 is 0 Å². The molecule has 2 aromatic carbocycles. The minimum atomic E-state index is -0.364. The summed E-state index contributed by atoms with van der Waals surface area (Å²) in [5.74, 6) is 1.00. The molecule has 0 aromatic heterocycles. The molecule has 5 heteroatoms. The Balaban J connectivity index is 1.67. The molecule has 2 heterocycles. The van der Waals surface area contributed by atoms with Crippen molar-refractivity contribution in [3.05, 3.63) is 65.7 Å². The van der Waals surface area contributed by atoms with Gasteiger partial charge in [-0.1, -0.05) is 36.4 Å². The van der Waals surface area contributed by atoms with Crippen molar-refractivity contribution < 1.29 is 4.79 Å². The van der Waals surface area contributed by atoms with Crippen molar-refractivity contribution in [3.63, 3.8) is 0 Å². The van der Waals surface area contributed by atoms with Crippen molar-refractivity contribution in [1.29, 1.82) is 0 Å². The van der Waals surface area contributed by atoms with Gasteiger partial charge in [-0.05, 0) is 51.0 Å². The molecule has 2 aliphatic rings. The monoisotopic (exact) mass is 376 g/mol. The molecule has 146 valence electrons. The van der Waals surface area contributed by atoms with E-state index in [2.05, 4.69) is 49.6 Å². The normalized spacial score (nSPS) is 23.4. The van der Waals surface area contributed by atoms with Crippen LogP contribution in [0.25, 0.3) is 0 Å². The van der Waals surface area contributed by atoms with Crippen LogP contribution in [0.15, 0.2) is 59.6 Å². The Morgan fingerprint density at radius 2 is 1.79 bits per heavy atom. The Labute approximate surface area is 166 Å². The number of carbonyl (C=O) groups excluding carboxylic acids is 1. The first kappa shape index (κ1) is 18.7. The second-order valence-corrected chi connectivity index (χ2v) is 8.69. The van der Waals surface area contributed by atoms with Crippen LogP contribution in [-0.4, -0.2) is 40.8 Å². The number of likely N-dealkylation sites (tertiary alicyclic amines) is 1. The molecule has 2 aromatic rings. The summed E-state index contributed by atoms with van der Waals surface area (Å²) in [5, 5.41) is 7.33. The van der Waals surface area contributed by atoms with Crippen molar-refractivity contribution in [2.75, 3.05) is 18.4 Å². The second-order valence-electron chi connectivity index (χ2n) is 8.69. The van der Waals surface area contributed by atoms with Gasteiger partial charge in [0, 0.05) is 30.9 Å². The van der Waals surface area contributed by atoms with Crippen LogP contribution in [0.1, 0.15) is 43.1 Å². The first-order valence-electron chi connectivity index (χ1n) is 9.91. The molecule has 0 unspecified atom stereocenters. The maximum atomic E-state index is 13.0. The number of nitrogens with one attached hydrogen (secondary N) is 2. The van der Waals surface area contributed by atoms with E-state index in [1.165, 1.54) is 5.56 Å². The largest absolute Gasteiger partial charge is 0.342 e. The van der Waals surface area contributed by atoms with Crippen molar-refractivity contribution in [2.24, 2.45) is 4.99 Å². The number of hydrogen-bond donors (Lipinski definition) is 2. The maximum absolute atomic E-state index is 13.0. The number of hydrogen-bond acceptors (Lipinski definition) is 3. The number of carbonyl (C=O) groups is 1. The highest BCUT2D eigenvalue weighted by molar-refractivity contribution is 6.05. The van der Waals surface area contributed by atoms with E-state index in [0.29, 0.717) is 13.1 Å². The van der Waals surface area contributed by atoms with Gasteiger partial charge < -0.3 is 10.2 Å². The highest BCUT2D eigenvalue weighted by Crippen LogP contribution is 2.31. The molecule has 4 rings (SSSR count). The van der Waals surface area contributed by atoms with Crippen LogP contribution in [-0.2, 0) is 6.54 Å². The van der Waals surface area contributed by atoms with Gasteiger partial charge in [-0.2, -0.15) is 0 Å². The van der Waals surface area contributed by atoms with Crippen LogP contribution < -0.4 is 10.6 Å². The van der Waals surface area contributed by atoms with Crippen LogP contribution in [0.3, 0.4) is 0 Å². The molecule has 0 saturated carbocycles. The van der Waals surface area contributed by atoms with Crippen LogP contribution in [0.2, 0.25) is 0 Å². The number of rotatable bonds is 1. The third-order valence-corrected chi connectivity index (χ3v) is 5.37. The lowest BCUT2D eigenvalue weighted by Crippen LogP contribution is -2.56. The molecule has 1 atom stereocenters. The molecule has 2 N–H and O–H groups in total. The summed E-state index contributed by atoms with van der Waals surface area (Å²) < 4.78 is 0. The highest BCUT2D eigenvalue weighted by Gasteiger charge is 2.46. The summed E-state index contributed by atoms with van der Waals surface area (Å²) in [6.45, 7) is 8.38. The molecular weight excluding hydrogens is 348 g/mol. The van der Waals surface area contributed by atoms with E-state index in [4.69, 9.17) is 4.99 Å². The minimum Gasteiger partial charge on any atom is -0.342 e. The predicted molar refractivity (Wildman–Crippen MR) is 114 cm³/mol. The molecule has 5 nitrogen and oxygen atoms in total. The topological polar surface area (TPSA) is 56.7 Å². The average Bonchev–Trinajstić information content (AvgIpc) is 3.05. The van der Waals surface area contributed by atoms with Crippen molar-refractivity contribution in [3.8, 4) is 0 Å². The Bertz CT molecular complexity index is 900. The van der Waals surface area contributed by atoms with Gasteiger partial charge in [0.15, 0.2) is 0 Å². The molecule has 28 heavy (non-hydrogen) atoms. The van der Waals surface area contributed by atoms with Crippen LogP contribution >= 0.6 is 0 Å². The zero-order valence-electron chi connectivity index (χ0n) is 16.8. The summed E-state index contributed by atoms with van der Waals surface area (Å²) in [7, 11) is 0. The van der Waals surface area contributed by atoms with Gasteiger partial charge in [-0.3, -0.25) is 15.1 Å². The number of amidine groups is 1. The van der Waals surface area contributed by atoms with Gasteiger partial charge in [0.05, 0.1) is 11.1 Å². The molecule has 0 radical (unpaired) electrons. The van der Waals surface area contributed by atoms with E-state index < -0.39 is 0 Å². The van der Waals surface area contributed by atoms with Crippen molar-refractivity contribution >= 4 is 17.4 Å². The standard InChI is InChI=1S/C23H28N4O/c1-22(2,3)26-21-23(24-15-18-11-7-8-12-19(18)25-21)13-14-27(16-23)20(28)17-9-5-4-6-10-17/h4-12,24H,13-16H2,1-3H3,(H,25,26)/t23-/m0/s1. The van der Waals surface area contributed by atoms with E-state index in [9.17, 15) is 4.79 Å². The van der Waals surface area contributed by atoms with Crippen LogP contribution in [0.4, 0.5) is 5.69 Å². The second kappa shape index (κ2) is 7.06. The zero-order chi connectivity index (χ0) is 19.8. The Morgan fingerprint density at radius 3 is 2.54 bits per heavy atom. The SMILES string of the molecule is CC(C)(C)N=C1Nc2ccccc2CN[C@]12CCN(C(=O)c1ccccc1)C2. The van der Waals surface area contributed by atoms with E-state index in [0.717, 1.165) is 30.1 Å². The fourth-order valence-corrected chi connectivity index (χ4v) is 3.95. The Hall–Kier alpha value is -2.66. The Kier molecular flexibility index (Phi) is 4.71. The van der Waals surface area contributed by atoms with Gasteiger partial charge in [0.2, 0.25) is 0 Å². The zero-order valence-corrected chi connectivity index (χ0v) is 16.8. The number of amides is 1. The number of aliphatic imine (C=N–C) groups is 1. The average molecular weight is 377 g/mol. The molecule has 2 aliphatic heterocycles. The van der Waals surface area contributed by atoms with Gasteiger partial charge >= 0.3 is 0 Å². The first-order valence-corrected chi connectivity index (χ1v) is 9.91. The Morgan fingerprint density at radius 1 is 1.07 bits per heavy atom. The third-order valence-electron chi connectivity index (χ3n) is 5.37. The molecule has 1 fully saturated rings. The lowest BCUT2D eigenvalue weighted by Gasteiger charge is -2.32. The van der Waals surface area contributed by atoms with E-state index in [1.807, 2.05) is 41.3 Å². The molecule has 1 spiro atoms. The van der Waals surface area contributed by atoms with Crippen molar-refractivity contribution in [2.45, 2.75) is 44.8 Å². The summed E-state index contributed by atoms with van der Waals surface area (Å²) in [6.07, 6.45) is 0.835. The summed E-state index contributed by atoms with van der Waals surface area (Å²) in [4.78, 5) is 20.0. The molecule has 0 aliphatic carbocycles. The molecule has 1 amide bonds. The fraction of sp³-hybridized carbons (Fsp3) is 0.391. The minimum absolute atomic E-state index is 0.0798. The fourth-order valence-electron chi connectivity index (χ4n) is 3.95. The van der Waals surface area contributed by atoms with Gasteiger partial charge in [-0.15, -0.1) is 0 Å². The van der Waals surface area contributed by atoms with Crippen LogP contribution in [0, 0.1) is 0 Å². The molecular formula is C23H28N4O. The molecule has 0 bridgehead atoms. The van der Waals surface area contributed by atoms with Gasteiger partial charge in [0.25, 0.3) is 5.91 Å². The van der Waals surface area contributed by atoms with Gasteiger partial charge in [0.1, 0.15) is 5.84 Å².